The van der Waals surface area contributed by atoms with Crippen molar-refractivity contribution in [1.82, 2.24) is 0 Å². The number of quaternary nitrogens is 2. The van der Waals surface area contributed by atoms with Crippen LogP contribution in [0.5, 0.6) is 11.5 Å². The molecule has 382 valence electrons. The number of nitrogens with zero attached hydrogens (tertiary/aromatic N) is 2. The average molecular weight is 986 g/mol. The van der Waals surface area contributed by atoms with Gasteiger partial charge in [0, 0.05) is 91.9 Å². The highest BCUT2D eigenvalue weighted by Crippen LogP contribution is 2.43. The summed E-state index contributed by atoms with van der Waals surface area (Å²) in [5.74, 6) is 5.12. The molecule has 10 rings (SSSR count). The average Bonchev–Trinajstić information content (AvgIpc) is 3.29. The molecule has 0 aliphatic carbocycles. The second-order valence-corrected chi connectivity index (χ2v) is 18.7. The van der Waals surface area contributed by atoms with Gasteiger partial charge >= 0.3 is 21.8 Å². The van der Waals surface area contributed by atoms with E-state index in [4.69, 9.17) is 9.47 Å². The third kappa shape index (κ3) is 15.6. The highest BCUT2D eigenvalue weighted by atomic mass is 19.5. The molecule has 4 unspecified atom stereocenters. The molecule has 0 radical (unpaired) electrons. The van der Waals surface area contributed by atoms with Crippen LogP contribution in [-0.2, 0) is 0 Å². The number of piperidine rings is 6. The number of halogens is 12. The lowest BCUT2D eigenvalue weighted by Crippen LogP contribution is -3.20. The van der Waals surface area contributed by atoms with Crippen molar-refractivity contribution in [2.45, 2.75) is 101 Å². The van der Waals surface area contributed by atoms with Gasteiger partial charge in [-0.15, -0.1) is 0 Å². The smallest absolute Gasteiger partial charge is 0.497 e. The van der Waals surface area contributed by atoms with E-state index in [-0.39, 0.29) is 24.0 Å². The molecule has 0 saturated carbocycles. The minimum atomic E-state index is -6.00. The van der Waals surface area contributed by atoms with Crippen LogP contribution in [0.3, 0.4) is 0 Å². The first kappa shape index (κ1) is 55.1. The summed E-state index contributed by atoms with van der Waals surface area (Å²) in [6.45, 7) is 11.3. The first-order valence-electron chi connectivity index (χ1n) is 23.6. The Bertz CT molecular complexity index is 1980. The maximum absolute atomic E-state index is 12.0. The van der Waals surface area contributed by atoms with Crippen LogP contribution in [0.15, 0.2) is 60.8 Å². The fraction of sp³-hybridized carbons (Fsp3) is 0.622. The zero-order valence-electron chi connectivity index (χ0n) is 38.9. The summed E-state index contributed by atoms with van der Waals surface area (Å²) >= 11 is 0. The molecular weight excluding hydrogens is 921 g/mol. The van der Waals surface area contributed by atoms with Crippen LogP contribution < -0.4 is 24.2 Å². The van der Waals surface area contributed by atoms with E-state index in [1.807, 2.05) is 12.1 Å². The van der Waals surface area contributed by atoms with Gasteiger partial charge in [-0.1, -0.05) is 19.9 Å². The number of anilines is 1. The Kier molecular flexibility index (Phi) is 19.3. The second kappa shape index (κ2) is 23.9. The number of allylic oxidation sites excluding steroid dienone is 3. The van der Waals surface area contributed by atoms with Gasteiger partial charge in [-0.05, 0) is 73.1 Å². The Hall–Kier alpha value is -3.82. The number of rotatable bonds is 11. The van der Waals surface area contributed by atoms with Gasteiger partial charge in [0.1, 0.15) is 42.3 Å². The molecule has 0 spiro atoms. The van der Waals surface area contributed by atoms with Crippen LogP contribution in [-0.4, -0.2) is 121 Å². The molecule has 0 amide bonds. The van der Waals surface area contributed by atoms with Gasteiger partial charge in [-0.25, -0.2) is 0 Å². The number of fused-ring (bicyclic) bond motifs is 8. The number of methoxy groups -OCH3 is 2. The first-order chi connectivity index (χ1) is 31.9. The molecule has 0 aromatic heterocycles. The summed E-state index contributed by atoms with van der Waals surface area (Å²) in [5, 5.41) is 23.9. The van der Waals surface area contributed by atoms with Crippen LogP contribution in [0.2, 0.25) is 0 Å². The van der Waals surface area contributed by atoms with Crippen molar-refractivity contribution >= 4 is 39.4 Å². The van der Waals surface area contributed by atoms with Crippen molar-refractivity contribution in [3.8, 4) is 11.5 Å². The van der Waals surface area contributed by atoms with Crippen LogP contribution in [0.4, 0.5) is 63.2 Å². The maximum atomic E-state index is 12.0. The predicted molar refractivity (Wildman–Crippen MR) is 242 cm³/mol. The lowest BCUT2D eigenvalue weighted by molar-refractivity contribution is -0.950. The van der Waals surface area contributed by atoms with Gasteiger partial charge in [0.15, 0.2) is 6.21 Å². The lowest BCUT2D eigenvalue weighted by atomic mass is 9.70. The Morgan fingerprint density at radius 1 is 0.662 bits per heavy atom. The molecule has 2 aromatic carbocycles. The number of hydrogen-bond acceptors (Lipinski definition) is 5. The zero-order chi connectivity index (χ0) is 50.1. The molecule has 2 aromatic rings. The number of aliphatic hydroxyl groups is 2. The van der Waals surface area contributed by atoms with Gasteiger partial charge in [0.05, 0.1) is 40.4 Å². The van der Waals surface area contributed by atoms with E-state index < -0.39 is 21.8 Å². The number of hydrogen-bond donors (Lipinski definition) is 4. The number of nitrogens with one attached hydrogen (secondary N) is 2. The predicted octanol–water partition coefficient (Wildman–Crippen LogP) is 8.00. The second-order valence-electron chi connectivity index (χ2n) is 18.7. The van der Waals surface area contributed by atoms with E-state index in [1.165, 1.54) is 74.4 Å². The minimum Gasteiger partial charge on any atom is -0.497 e. The van der Waals surface area contributed by atoms with E-state index in [2.05, 4.69) is 78.2 Å². The number of ether oxygens (including phenoxy) is 2. The zero-order valence-corrected chi connectivity index (χ0v) is 38.9. The Morgan fingerprint density at radius 2 is 1.13 bits per heavy atom. The van der Waals surface area contributed by atoms with E-state index in [1.54, 1.807) is 24.0 Å². The molecular formula is C45H65B3F12N4O4. The standard InChI is InChI=1S/C45H63N4O4.3BF4/c1-5-30-28-48-20-14-32(30)24-42(48)44(50)36-16-22-46(40-12-10-34(52-3)26-38(36)40)18-8-7-9-19-47-23-17-37(39-27-35(53-4)11-13-41(39)47)45(51)43-25-33-15-21-49(43)29-31(33)6-2;3*2-1(3,4)5/h7-13,18-19,26-27,30-33,36-37,42-45,50-51H,5-6,14-17,20-25,28-29H2,1-4H3;;;/q+1;3*-1/p+2/t30-,31-,32-,33-,36?,37?,42+,43+,44-,45-;;;/m0.../s1. The largest absolute Gasteiger partial charge is 0.673 e. The molecule has 12 atom stereocenters. The van der Waals surface area contributed by atoms with Crippen molar-refractivity contribution in [3.05, 3.63) is 72.0 Å². The van der Waals surface area contributed by atoms with Gasteiger partial charge in [0.2, 0.25) is 5.69 Å². The fourth-order valence-electron chi connectivity index (χ4n) is 11.9. The van der Waals surface area contributed by atoms with Crippen LogP contribution in [0.25, 0.3) is 0 Å². The van der Waals surface area contributed by atoms with E-state index >= 15 is 0 Å². The van der Waals surface area contributed by atoms with Crippen LogP contribution >= 0.6 is 0 Å². The Balaban J connectivity index is 0.000000503. The monoisotopic (exact) mass is 987 g/mol. The fourth-order valence-corrected chi connectivity index (χ4v) is 11.9. The summed E-state index contributed by atoms with van der Waals surface area (Å²) in [7, 11) is -14.5. The molecule has 4 bridgehead atoms. The van der Waals surface area contributed by atoms with Crippen molar-refractivity contribution in [3.63, 3.8) is 0 Å². The van der Waals surface area contributed by atoms with Crippen molar-refractivity contribution in [2.24, 2.45) is 23.7 Å². The van der Waals surface area contributed by atoms with Crippen molar-refractivity contribution in [1.29, 1.82) is 0 Å². The summed E-state index contributed by atoms with van der Waals surface area (Å²) in [6.07, 6.45) is 19.4. The maximum Gasteiger partial charge on any atom is 0.673 e. The van der Waals surface area contributed by atoms with Crippen molar-refractivity contribution in [2.75, 3.05) is 58.4 Å². The molecule has 68 heavy (non-hydrogen) atoms. The SMILES string of the molecule is CC[C@H]1C[NH+]2CC[C@H]1C[C@@H]2[C@@H](O)C1CCN(/C=C/C=C/C=[N+]2CCC([C@H](O)[C@H]3C[C@@H]4CC[NH+]3C[C@@H]4CC)c3cc(OC)ccc32)c2ccc(OC)cc21.F[B-](F)(F)F.F[B-](F)(F)F.F[B-](F)(F)F. The summed E-state index contributed by atoms with van der Waals surface area (Å²) < 4.78 is 131. The van der Waals surface area contributed by atoms with E-state index in [0.717, 1.165) is 73.9 Å². The molecule has 8 nitrogen and oxygen atoms in total. The third-order valence-corrected chi connectivity index (χ3v) is 14.9. The minimum absolute atomic E-state index is 0.116. The van der Waals surface area contributed by atoms with E-state index in [9.17, 15) is 62.0 Å². The molecule has 23 heteroatoms. The molecule has 6 saturated heterocycles. The highest BCUT2D eigenvalue weighted by molar-refractivity contribution is 6.50. The quantitative estimate of drug-likeness (QED) is 0.0796. The van der Waals surface area contributed by atoms with Crippen molar-refractivity contribution < 1.29 is 85.9 Å². The van der Waals surface area contributed by atoms with E-state index in [0.29, 0.717) is 12.1 Å². The molecule has 8 aliphatic heterocycles. The number of benzene rings is 2. The summed E-state index contributed by atoms with van der Waals surface area (Å²) in [4.78, 5) is 5.59. The Morgan fingerprint density at radius 3 is 1.59 bits per heavy atom. The molecule has 8 aliphatic rings. The van der Waals surface area contributed by atoms with Crippen LogP contribution in [0.1, 0.15) is 88.2 Å². The first-order valence-corrected chi connectivity index (χ1v) is 23.6. The van der Waals surface area contributed by atoms with Gasteiger partial charge in [0.25, 0.3) is 0 Å². The normalized spacial score (nSPS) is 30.3. The highest BCUT2D eigenvalue weighted by Gasteiger charge is 2.50. The topological polar surface area (TPSA) is 74.1 Å². The number of aliphatic hydroxyl groups excluding tert-OH is 2. The third-order valence-electron chi connectivity index (χ3n) is 14.9. The summed E-state index contributed by atoms with van der Waals surface area (Å²) in [6, 6.07) is 13.4. The molecule has 4 N–H and O–H groups in total. The Labute approximate surface area is 391 Å². The molecule has 8 heterocycles. The van der Waals surface area contributed by atoms with Crippen LogP contribution in [0, 0.1) is 23.7 Å². The van der Waals surface area contributed by atoms with Gasteiger partial charge in [-0.3, -0.25) is 0 Å². The van der Waals surface area contributed by atoms with Gasteiger partial charge in [-0.2, -0.15) is 4.58 Å². The molecule has 6 fully saturated rings. The van der Waals surface area contributed by atoms with Gasteiger partial charge < -0.3 is 86.2 Å². The lowest BCUT2D eigenvalue weighted by Gasteiger charge is -2.50. The summed E-state index contributed by atoms with van der Waals surface area (Å²) in [5.41, 5.74) is 4.76.